The Balaban J connectivity index is 0.000000108. The van der Waals surface area contributed by atoms with Crippen LogP contribution in [0.4, 0.5) is 0 Å². The van der Waals surface area contributed by atoms with Gasteiger partial charge in [0.2, 0.25) is 0 Å². The van der Waals surface area contributed by atoms with Crippen molar-refractivity contribution in [3.8, 4) is 153 Å². The maximum absolute atomic E-state index is 6.65. The van der Waals surface area contributed by atoms with Crippen LogP contribution < -0.4 is 0 Å². The van der Waals surface area contributed by atoms with E-state index in [0.29, 0.717) is 40.8 Å². The lowest BCUT2D eigenvalue weighted by molar-refractivity contribution is 0.669. The summed E-state index contributed by atoms with van der Waals surface area (Å²) in [6.07, 6.45) is 0. The Bertz CT molecular complexity index is 9340. The summed E-state index contributed by atoms with van der Waals surface area (Å²) in [6.45, 7) is 0. The Morgan fingerprint density at radius 2 is 0.433 bits per heavy atom. The normalized spacial score (nSPS) is 11.6. The third-order valence-electron chi connectivity index (χ3n) is 28.5. The lowest BCUT2D eigenvalue weighted by Gasteiger charge is -2.09. The fraction of sp³-hybridized carbons (Fsp3) is 0. The molecule has 702 valence electrons. The van der Waals surface area contributed by atoms with Crippen molar-refractivity contribution in [2.24, 2.45) is 0 Å². The van der Waals surface area contributed by atoms with E-state index in [-0.39, 0.29) is 0 Å². The van der Waals surface area contributed by atoms with Gasteiger partial charge in [0.05, 0.1) is 55.6 Å². The molecule has 0 spiro atoms. The number of nitrogens with zero attached hydrogens (tertiary/aromatic N) is 11. The first-order chi connectivity index (χ1) is 74.3. The molecule has 0 aliphatic rings. The van der Waals surface area contributed by atoms with E-state index >= 15 is 0 Å². The zero-order valence-electron chi connectivity index (χ0n) is 80.7. The third kappa shape index (κ3) is 15.8. The smallest absolute Gasteiger partial charge is 0.167 e. The molecule has 0 unspecified atom stereocenters. The van der Waals surface area contributed by atoms with E-state index in [4.69, 9.17) is 48.7 Å². The maximum atomic E-state index is 6.65. The number of thiophene rings is 1. The fourth-order valence-electron chi connectivity index (χ4n) is 21.4. The van der Waals surface area contributed by atoms with Crippen LogP contribution in [0.3, 0.4) is 0 Å². The molecular weight excluding hydrogens is 1850 g/mol. The standard InChI is InChI=1S/C46H29N3O.C45H28N4O.C45H28N4S/c1-4-13-30(14-5-1)33-23-25-43-38(27-33)35-19-10-11-22-42(35)49(43)34-24-26-44-39(28-34)36-20-12-21-37(45(36)50-44)46-47-40(31-15-6-2-7-16-31)29-41(48-46)32-17-8-3-9-18-32;2*1-4-13-29(14-5-1)32-23-25-40-37(27-32)34-19-10-11-22-39(34)49(40)33-24-26-41-38(28-33)35-20-12-21-36(42(35)50-41)45-47-43(30-15-6-2-7-16-30)46-44(48-45)31-17-8-3-9-18-31/h1-29H;2*1-28H. The molecule has 0 radical (unpaired) electrons. The van der Waals surface area contributed by atoms with Gasteiger partial charge in [0.25, 0.3) is 0 Å². The van der Waals surface area contributed by atoms with Crippen molar-refractivity contribution in [2.75, 3.05) is 0 Å². The number of hydrogen-bond acceptors (Lipinski definition) is 11. The first-order valence-corrected chi connectivity index (χ1v) is 51.0. The highest BCUT2D eigenvalue weighted by molar-refractivity contribution is 7.26. The van der Waals surface area contributed by atoms with Crippen molar-refractivity contribution < 1.29 is 8.83 Å². The van der Waals surface area contributed by atoms with Crippen LogP contribution in [0.25, 0.3) is 282 Å². The van der Waals surface area contributed by atoms with E-state index in [9.17, 15) is 0 Å². The summed E-state index contributed by atoms with van der Waals surface area (Å²) < 4.78 is 22.8. The largest absolute Gasteiger partial charge is 0.455 e. The molecule has 0 saturated heterocycles. The van der Waals surface area contributed by atoms with Gasteiger partial charge in [0.1, 0.15) is 22.3 Å². The van der Waals surface area contributed by atoms with Crippen LogP contribution >= 0.6 is 11.3 Å². The van der Waals surface area contributed by atoms with E-state index in [0.717, 1.165) is 133 Å². The second kappa shape index (κ2) is 37.3. The molecule has 30 aromatic rings. The summed E-state index contributed by atoms with van der Waals surface area (Å²) in [4.78, 5) is 40.1. The summed E-state index contributed by atoms with van der Waals surface area (Å²) >= 11 is 1.79. The van der Waals surface area contributed by atoms with E-state index in [1.165, 1.54) is 108 Å². The first kappa shape index (κ1) is 87.7. The lowest BCUT2D eigenvalue weighted by atomic mass is 10.0. The summed E-state index contributed by atoms with van der Waals surface area (Å²) in [5.74, 6) is 4.43. The van der Waals surface area contributed by atoms with E-state index in [1.54, 1.807) is 11.3 Å². The quantitative estimate of drug-likeness (QED) is 0.0973. The molecule has 9 aromatic heterocycles. The highest BCUT2D eigenvalue weighted by atomic mass is 32.1. The van der Waals surface area contributed by atoms with E-state index in [1.807, 2.05) is 164 Å². The SMILES string of the molecule is c1ccc(-c2ccc3c(c2)c2ccccc2n3-c2ccc3oc4c(-c5nc(-c6ccccc6)cc(-c6ccccc6)n5)cccc4c3c2)cc1.c1ccc(-c2ccc3c(c2)c2ccccc2n3-c2ccc3oc4c(-c5nc(-c6ccccc6)nc(-c6ccccc6)n5)cccc4c3c2)cc1.c1ccc(-c2ccc3c(c2)c2ccccc2n3-c2ccc3sc4c(-c5nc(-c6ccccc6)nc(-c6ccccc6)n5)cccc4c3c2)cc1. The fourth-order valence-corrected chi connectivity index (χ4v) is 22.6. The average molecular weight is 1940 g/mol. The third-order valence-corrected chi connectivity index (χ3v) is 29.8. The van der Waals surface area contributed by atoms with Crippen molar-refractivity contribution in [3.05, 3.63) is 516 Å². The van der Waals surface area contributed by atoms with Crippen LogP contribution in [-0.4, -0.2) is 53.6 Å². The second-order valence-electron chi connectivity index (χ2n) is 37.5. The highest BCUT2D eigenvalue weighted by Gasteiger charge is 2.26. The van der Waals surface area contributed by atoms with Crippen molar-refractivity contribution in [1.29, 1.82) is 0 Å². The van der Waals surface area contributed by atoms with Crippen molar-refractivity contribution in [3.63, 3.8) is 0 Å². The molecule has 0 N–H and O–H groups in total. The molecule has 0 saturated carbocycles. The Morgan fingerprint density at radius 1 is 0.160 bits per heavy atom. The summed E-state index contributed by atoms with van der Waals surface area (Å²) in [5, 5.41) is 13.9. The topological polar surface area (TPSA) is 144 Å². The highest BCUT2D eigenvalue weighted by Crippen LogP contribution is 2.48. The van der Waals surface area contributed by atoms with Gasteiger partial charge >= 0.3 is 0 Å². The zero-order chi connectivity index (χ0) is 99.1. The predicted molar refractivity (Wildman–Crippen MR) is 617 cm³/mol. The monoisotopic (exact) mass is 1940 g/mol. The Labute approximate surface area is 865 Å². The van der Waals surface area contributed by atoms with Crippen LogP contribution in [0.1, 0.15) is 0 Å². The molecule has 0 aliphatic heterocycles. The Morgan fingerprint density at radius 3 is 0.793 bits per heavy atom. The van der Waals surface area contributed by atoms with Gasteiger partial charge in [-0.15, -0.1) is 11.3 Å². The van der Waals surface area contributed by atoms with Crippen molar-refractivity contribution in [2.45, 2.75) is 0 Å². The molecule has 14 heteroatoms. The molecule has 0 fully saturated rings. The zero-order valence-corrected chi connectivity index (χ0v) is 81.5. The average Bonchev–Trinajstić information content (AvgIpc) is 1.58. The molecular formula is C136H85N11O2S. The van der Waals surface area contributed by atoms with E-state index in [2.05, 4.69) is 366 Å². The van der Waals surface area contributed by atoms with Crippen LogP contribution in [0.5, 0.6) is 0 Å². The van der Waals surface area contributed by atoms with Crippen LogP contribution in [0.15, 0.2) is 524 Å². The summed E-state index contributed by atoms with van der Waals surface area (Å²) in [6, 6.07) is 180. The van der Waals surface area contributed by atoms with Gasteiger partial charge in [-0.05, 0) is 167 Å². The number of rotatable bonds is 15. The molecule has 0 aliphatic carbocycles. The Hall–Kier alpha value is -20.1. The summed E-state index contributed by atoms with van der Waals surface area (Å²) in [7, 11) is 0. The minimum Gasteiger partial charge on any atom is -0.455 e. The van der Waals surface area contributed by atoms with E-state index < -0.39 is 0 Å². The molecule has 9 heterocycles. The minimum absolute atomic E-state index is 0.569. The van der Waals surface area contributed by atoms with Crippen molar-refractivity contribution in [1.82, 2.24) is 53.6 Å². The molecule has 30 rings (SSSR count). The van der Waals surface area contributed by atoms with Crippen LogP contribution in [-0.2, 0) is 0 Å². The van der Waals surface area contributed by atoms with Gasteiger partial charge in [-0.25, -0.2) is 39.9 Å². The summed E-state index contributed by atoms with van der Waals surface area (Å²) in [5.41, 5.74) is 31.0. The van der Waals surface area contributed by atoms with Gasteiger partial charge in [-0.1, -0.05) is 382 Å². The molecule has 150 heavy (non-hydrogen) atoms. The molecule has 21 aromatic carbocycles. The molecule has 13 nitrogen and oxygen atoms in total. The van der Waals surface area contributed by atoms with Gasteiger partial charge < -0.3 is 22.5 Å². The van der Waals surface area contributed by atoms with Gasteiger partial charge in [0.15, 0.2) is 40.8 Å². The predicted octanol–water partition coefficient (Wildman–Crippen LogP) is 35.7. The molecule has 0 atom stereocenters. The first-order valence-electron chi connectivity index (χ1n) is 50.2. The number of fused-ring (bicyclic) bond motifs is 18. The lowest BCUT2D eigenvalue weighted by Crippen LogP contribution is -2.00. The molecule has 0 amide bonds. The number of para-hydroxylation sites is 5. The number of aromatic nitrogens is 11. The van der Waals surface area contributed by atoms with Gasteiger partial charge in [0, 0.05) is 130 Å². The van der Waals surface area contributed by atoms with Crippen LogP contribution in [0.2, 0.25) is 0 Å². The van der Waals surface area contributed by atoms with Crippen molar-refractivity contribution >= 4 is 141 Å². The minimum atomic E-state index is 0.569. The Kier molecular flexibility index (Phi) is 21.8. The molecule has 0 bridgehead atoms. The van der Waals surface area contributed by atoms with Gasteiger partial charge in [-0.3, -0.25) is 0 Å². The number of furan rings is 2. The second-order valence-corrected chi connectivity index (χ2v) is 38.6. The van der Waals surface area contributed by atoms with Crippen LogP contribution in [0, 0.1) is 0 Å². The number of hydrogen-bond donors (Lipinski definition) is 0. The number of benzene rings is 21. The maximum Gasteiger partial charge on any atom is 0.167 e. The van der Waals surface area contributed by atoms with Gasteiger partial charge in [-0.2, -0.15) is 0 Å².